The molecule has 0 heterocycles. The molecule has 2 atom stereocenters. The van der Waals surface area contributed by atoms with Gasteiger partial charge in [0, 0.05) is 10.4 Å². The van der Waals surface area contributed by atoms with Crippen LogP contribution in [-0.4, -0.2) is 23.9 Å². The lowest BCUT2D eigenvalue weighted by Gasteiger charge is -2.15. The summed E-state index contributed by atoms with van der Waals surface area (Å²) in [5, 5.41) is 17.3. The Morgan fingerprint density at radius 1 is 1.37 bits per heavy atom. The molecule has 1 fully saturated rings. The highest BCUT2D eigenvalue weighted by Crippen LogP contribution is 2.48. The summed E-state index contributed by atoms with van der Waals surface area (Å²) in [6.07, 6.45) is 0.794. The number of carbonyl (C=O) groups excluding carboxylic acids is 1. The quantitative estimate of drug-likeness (QED) is 0.801. The van der Waals surface area contributed by atoms with Crippen molar-refractivity contribution in [3.63, 3.8) is 0 Å². The smallest absolute Gasteiger partial charge is 0.228 e. The zero-order chi connectivity index (χ0) is 13.8. The van der Waals surface area contributed by atoms with Gasteiger partial charge in [0.25, 0.3) is 0 Å². The SMILES string of the molecule is N#CCN(CC#N)C(=O)[C@H]1C[C@@H]1c1cccc(Br)c1. The van der Waals surface area contributed by atoms with Crippen LogP contribution in [0.4, 0.5) is 0 Å². The minimum Gasteiger partial charge on any atom is -0.316 e. The van der Waals surface area contributed by atoms with Crippen LogP contribution in [0.15, 0.2) is 28.7 Å². The van der Waals surface area contributed by atoms with Crippen LogP contribution in [0, 0.1) is 28.6 Å². The van der Waals surface area contributed by atoms with Crippen LogP contribution >= 0.6 is 15.9 Å². The van der Waals surface area contributed by atoms with Gasteiger partial charge >= 0.3 is 0 Å². The van der Waals surface area contributed by atoms with Gasteiger partial charge in [-0.1, -0.05) is 28.1 Å². The number of carbonyl (C=O) groups is 1. The summed E-state index contributed by atoms with van der Waals surface area (Å²) in [6.45, 7) is -0.0395. The minimum absolute atomic E-state index is 0.0197. The van der Waals surface area contributed by atoms with E-state index in [9.17, 15) is 4.79 Å². The second kappa shape index (κ2) is 5.86. The molecular formula is C14H12BrN3O. The predicted molar refractivity (Wildman–Crippen MR) is 72.8 cm³/mol. The molecule has 0 aliphatic heterocycles. The van der Waals surface area contributed by atoms with E-state index < -0.39 is 0 Å². The van der Waals surface area contributed by atoms with Gasteiger partial charge in [0.15, 0.2) is 0 Å². The molecule has 1 aromatic carbocycles. The zero-order valence-corrected chi connectivity index (χ0v) is 11.8. The molecule has 0 aromatic heterocycles. The highest BCUT2D eigenvalue weighted by molar-refractivity contribution is 9.10. The summed E-state index contributed by atoms with van der Waals surface area (Å²) in [5.74, 6) is 0.0361. The summed E-state index contributed by atoms with van der Waals surface area (Å²) in [7, 11) is 0. The third-order valence-corrected chi connectivity index (χ3v) is 3.71. The van der Waals surface area contributed by atoms with Crippen molar-refractivity contribution in [1.29, 1.82) is 10.5 Å². The summed E-state index contributed by atoms with van der Waals surface area (Å²) in [5.41, 5.74) is 1.13. The fourth-order valence-corrected chi connectivity index (χ4v) is 2.61. The van der Waals surface area contributed by atoms with Crippen LogP contribution in [0.3, 0.4) is 0 Å². The van der Waals surface area contributed by atoms with E-state index in [0.717, 1.165) is 16.5 Å². The van der Waals surface area contributed by atoms with Crippen molar-refractivity contribution in [3.05, 3.63) is 34.3 Å². The van der Waals surface area contributed by atoms with Crippen molar-refractivity contribution in [2.45, 2.75) is 12.3 Å². The van der Waals surface area contributed by atoms with Crippen LogP contribution in [0.25, 0.3) is 0 Å². The maximum Gasteiger partial charge on any atom is 0.228 e. The van der Waals surface area contributed by atoms with E-state index in [2.05, 4.69) is 15.9 Å². The lowest BCUT2D eigenvalue weighted by molar-refractivity contribution is -0.131. The molecule has 2 rings (SSSR count). The highest BCUT2D eigenvalue weighted by Gasteiger charge is 2.45. The Hall–Kier alpha value is -1.85. The van der Waals surface area contributed by atoms with Gasteiger partial charge in [-0.05, 0) is 30.0 Å². The van der Waals surface area contributed by atoms with Crippen molar-refractivity contribution >= 4 is 21.8 Å². The largest absolute Gasteiger partial charge is 0.316 e. The fourth-order valence-electron chi connectivity index (χ4n) is 2.19. The molecular weight excluding hydrogens is 306 g/mol. The van der Waals surface area contributed by atoms with Gasteiger partial charge in [0.1, 0.15) is 13.1 Å². The first-order valence-electron chi connectivity index (χ1n) is 5.95. The van der Waals surface area contributed by atoms with Gasteiger partial charge in [-0.25, -0.2) is 0 Å². The lowest BCUT2D eigenvalue weighted by atomic mass is 10.1. The summed E-state index contributed by atoms with van der Waals surface area (Å²) in [6, 6.07) is 11.8. The van der Waals surface area contributed by atoms with Gasteiger partial charge in [-0.15, -0.1) is 0 Å². The van der Waals surface area contributed by atoms with Crippen LogP contribution < -0.4 is 0 Å². The van der Waals surface area contributed by atoms with E-state index in [4.69, 9.17) is 10.5 Å². The van der Waals surface area contributed by atoms with Crippen molar-refractivity contribution in [1.82, 2.24) is 4.90 Å². The molecule has 0 bridgehead atoms. The molecule has 1 aliphatic rings. The molecule has 5 heteroatoms. The zero-order valence-electron chi connectivity index (χ0n) is 10.2. The van der Waals surface area contributed by atoms with E-state index in [1.807, 2.05) is 36.4 Å². The van der Waals surface area contributed by atoms with Gasteiger partial charge in [0.2, 0.25) is 5.91 Å². The van der Waals surface area contributed by atoms with E-state index in [-0.39, 0.29) is 30.8 Å². The number of rotatable bonds is 4. The molecule has 4 nitrogen and oxygen atoms in total. The Bertz CT molecular complexity index is 557. The Morgan fingerprint density at radius 2 is 2.05 bits per heavy atom. The number of hydrogen-bond acceptors (Lipinski definition) is 3. The van der Waals surface area contributed by atoms with Crippen molar-refractivity contribution in [3.8, 4) is 12.1 Å². The highest BCUT2D eigenvalue weighted by atomic mass is 79.9. The number of halogens is 1. The molecule has 0 spiro atoms. The Balaban J connectivity index is 2.04. The van der Waals surface area contributed by atoms with E-state index in [1.165, 1.54) is 4.90 Å². The molecule has 0 N–H and O–H groups in total. The van der Waals surface area contributed by atoms with Crippen molar-refractivity contribution < 1.29 is 4.79 Å². The number of benzene rings is 1. The molecule has 96 valence electrons. The molecule has 1 saturated carbocycles. The summed E-state index contributed by atoms with van der Waals surface area (Å²) >= 11 is 3.41. The fraction of sp³-hybridized carbons (Fsp3) is 0.357. The molecule has 0 radical (unpaired) electrons. The normalized spacial score (nSPS) is 20.2. The molecule has 0 unspecified atom stereocenters. The maximum absolute atomic E-state index is 12.2. The van der Waals surface area contributed by atoms with Crippen molar-refractivity contribution in [2.24, 2.45) is 5.92 Å². The standard InChI is InChI=1S/C14H12BrN3O/c15-11-3-1-2-10(8-11)12-9-13(12)14(19)18(6-4-16)7-5-17/h1-3,8,12-13H,6-7,9H2/t12-,13+/m1/s1. The first kappa shape index (κ1) is 13.6. The average Bonchev–Trinajstić information content (AvgIpc) is 3.18. The second-order valence-corrected chi connectivity index (χ2v) is 5.43. The number of nitriles is 2. The third-order valence-electron chi connectivity index (χ3n) is 3.22. The van der Waals surface area contributed by atoms with Gasteiger partial charge in [0.05, 0.1) is 12.1 Å². The van der Waals surface area contributed by atoms with Crippen LogP contribution in [0.2, 0.25) is 0 Å². The third kappa shape index (κ3) is 3.13. The summed E-state index contributed by atoms with van der Waals surface area (Å²) < 4.78 is 0.994. The van der Waals surface area contributed by atoms with E-state index >= 15 is 0 Å². The monoisotopic (exact) mass is 317 g/mol. The second-order valence-electron chi connectivity index (χ2n) is 4.51. The molecule has 1 aromatic rings. The van der Waals surface area contributed by atoms with E-state index in [1.54, 1.807) is 0 Å². The van der Waals surface area contributed by atoms with E-state index in [0.29, 0.717) is 0 Å². The Morgan fingerprint density at radius 3 is 2.63 bits per heavy atom. The van der Waals surface area contributed by atoms with Gasteiger partial charge < -0.3 is 4.90 Å². The number of nitrogens with zero attached hydrogens (tertiary/aromatic N) is 3. The number of hydrogen-bond donors (Lipinski definition) is 0. The van der Waals surface area contributed by atoms with Crippen LogP contribution in [-0.2, 0) is 4.79 Å². The molecule has 0 saturated heterocycles. The van der Waals surface area contributed by atoms with Crippen LogP contribution in [0.1, 0.15) is 17.9 Å². The number of amides is 1. The lowest BCUT2D eigenvalue weighted by Crippen LogP contribution is -2.33. The maximum atomic E-state index is 12.2. The Labute approximate surface area is 120 Å². The molecule has 19 heavy (non-hydrogen) atoms. The molecule has 1 amide bonds. The first-order chi connectivity index (χ1) is 9.17. The predicted octanol–water partition coefficient (Wildman–Crippen LogP) is 2.43. The summed E-state index contributed by atoms with van der Waals surface area (Å²) in [4.78, 5) is 13.5. The van der Waals surface area contributed by atoms with Gasteiger partial charge in [-0.2, -0.15) is 10.5 Å². The van der Waals surface area contributed by atoms with Gasteiger partial charge in [-0.3, -0.25) is 4.79 Å². The Kier molecular flexibility index (Phi) is 4.19. The van der Waals surface area contributed by atoms with Crippen LogP contribution in [0.5, 0.6) is 0 Å². The average molecular weight is 318 g/mol. The van der Waals surface area contributed by atoms with Crippen molar-refractivity contribution in [2.75, 3.05) is 13.1 Å². The minimum atomic E-state index is -0.0897. The molecule has 1 aliphatic carbocycles. The first-order valence-corrected chi connectivity index (χ1v) is 6.75. The topological polar surface area (TPSA) is 67.9 Å².